The highest BCUT2D eigenvalue weighted by Gasteiger charge is 2.43. The SMILES string of the molecule is N[C@H]1CS(=O)(=O)c2cc(F)c(-c3noc(C4(CO)CCCO4)n3)cc2N(Cc2ccc(Oc3ccccc3)cc2)C1=O. The van der Waals surface area contributed by atoms with E-state index in [0.717, 1.165) is 6.07 Å². The maximum atomic E-state index is 15.5. The number of aliphatic hydroxyl groups is 1. The number of sulfone groups is 1. The van der Waals surface area contributed by atoms with Crippen molar-refractivity contribution in [2.45, 2.75) is 35.9 Å². The van der Waals surface area contributed by atoms with Gasteiger partial charge in [-0.3, -0.25) is 4.79 Å². The molecule has 0 saturated carbocycles. The van der Waals surface area contributed by atoms with Crippen molar-refractivity contribution in [3.05, 3.63) is 84.0 Å². The van der Waals surface area contributed by atoms with Gasteiger partial charge in [0, 0.05) is 6.61 Å². The van der Waals surface area contributed by atoms with Gasteiger partial charge in [-0.15, -0.1) is 0 Å². The first kappa shape index (κ1) is 28.0. The first-order valence-electron chi connectivity index (χ1n) is 13.2. The van der Waals surface area contributed by atoms with E-state index in [9.17, 15) is 18.3 Å². The third kappa shape index (κ3) is 5.15. The summed E-state index contributed by atoms with van der Waals surface area (Å²) in [7, 11) is -4.14. The van der Waals surface area contributed by atoms with Crippen LogP contribution < -0.4 is 15.4 Å². The average molecular weight is 595 g/mol. The van der Waals surface area contributed by atoms with Crippen LogP contribution in [0.15, 0.2) is 76.1 Å². The smallest absolute Gasteiger partial charge is 0.261 e. The van der Waals surface area contributed by atoms with Crippen molar-refractivity contribution in [3.8, 4) is 22.9 Å². The van der Waals surface area contributed by atoms with Crippen molar-refractivity contribution in [1.82, 2.24) is 10.1 Å². The fraction of sp³-hybridized carbons (Fsp3) is 0.276. The van der Waals surface area contributed by atoms with Crippen LogP contribution in [0.4, 0.5) is 10.1 Å². The van der Waals surface area contributed by atoms with Gasteiger partial charge in [0.05, 0.1) is 41.1 Å². The van der Waals surface area contributed by atoms with Crippen LogP contribution in [0.2, 0.25) is 0 Å². The monoisotopic (exact) mass is 594 g/mol. The minimum Gasteiger partial charge on any atom is -0.457 e. The Morgan fingerprint density at radius 1 is 1.12 bits per heavy atom. The summed E-state index contributed by atoms with van der Waals surface area (Å²) >= 11 is 0. The standard InChI is InChI=1S/C29H27FN4O7S/c30-22-14-25-24(13-21(22)26-32-28(41-33-26)29(17-35)11-4-12-39-29)34(27(36)23(31)16-42(25,37)38)15-18-7-9-20(10-8-18)40-19-5-2-1-3-6-19/h1-3,5-10,13-14,23,35H,4,11-12,15-17,31H2/t23-,29?/m0/s1. The van der Waals surface area contributed by atoms with Crippen molar-refractivity contribution in [3.63, 3.8) is 0 Å². The van der Waals surface area contributed by atoms with E-state index in [4.69, 9.17) is 19.7 Å². The van der Waals surface area contributed by atoms with E-state index in [0.29, 0.717) is 36.5 Å². The zero-order chi connectivity index (χ0) is 29.5. The van der Waals surface area contributed by atoms with E-state index in [1.807, 2.05) is 30.3 Å². The third-order valence-corrected chi connectivity index (χ3v) is 9.11. The number of fused-ring (bicyclic) bond motifs is 1. The fourth-order valence-corrected chi connectivity index (χ4v) is 6.67. The molecule has 1 aromatic heterocycles. The molecule has 2 atom stereocenters. The first-order chi connectivity index (χ1) is 20.2. The maximum absolute atomic E-state index is 15.5. The van der Waals surface area contributed by atoms with Crippen molar-refractivity contribution >= 4 is 21.4 Å². The number of halogens is 1. The Morgan fingerprint density at radius 2 is 1.86 bits per heavy atom. The van der Waals surface area contributed by atoms with Gasteiger partial charge in [0.2, 0.25) is 11.7 Å². The Morgan fingerprint density at radius 3 is 2.55 bits per heavy atom. The lowest BCUT2D eigenvalue weighted by Crippen LogP contribution is -2.45. The summed E-state index contributed by atoms with van der Waals surface area (Å²) in [5, 5.41) is 13.8. The number of carbonyl (C=O) groups is 1. The highest BCUT2D eigenvalue weighted by molar-refractivity contribution is 7.91. The Bertz CT molecular complexity index is 1720. The zero-order valence-electron chi connectivity index (χ0n) is 22.3. The number of aromatic nitrogens is 2. The van der Waals surface area contributed by atoms with Crippen LogP contribution in [-0.2, 0) is 31.5 Å². The summed E-state index contributed by atoms with van der Waals surface area (Å²) in [6.45, 7) is -0.0698. The molecule has 218 valence electrons. The van der Waals surface area contributed by atoms with E-state index in [-0.39, 0.29) is 34.4 Å². The predicted molar refractivity (Wildman–Crippen MR) is 148 cm³/mol. The number of carbonyl (C=O) groups excluding carboxylic acids is 1. The number of anilines is 1. The molecule has 42 heavy (non-hydrogen) atoms. The van der Waals surface area contributed by atoms with Gasteiger partial charge < -0.3 is 29.7 Å². The third-order valence-electron chi connectivity index (χ3n) is 7.32. The van der Waals surface area contributed by atoms with Gasteiger partial charge in [0.15, 0.2) is 15.4 Å². The molecule has 1 amide bonds. The van der Waals surface area contributed by atoms with E-state index in [1.54, 1.807) is 24.3 Å². The van der Waals surface area contributed by atoms with E-state index in [2.05, 4.69) is 10.1 Å². The van der Waals surface area contributed by atoms with Crippen molar-refractivity contribution in [2.75, 3.05) is 23.9 Å². The largest absolute Gasteiger partial charge is 0.457 e. The molecule has 6 rings (SSSR count). The number of para-hydroxylation sites is 1. The van der Waals surface area contributed by atoms with Gasteiger partial charge in [-0.2, -0.15) is 4.98 Å². The molecule has 11 nitrogen and oxygen atoms in total. The second-order valence-corrected chi connectivity index (χ2v) is 12.2. The summed E-state index contributed by atoms with van der Waals surface area (Å²) in [5.74, 6) is -1.24. The Hall–Kier alpha value is -4.17. The number of hydrogen-bond donors (Lipinski definition) is 2. The molecule has 0 bridgehead atoms. The van der Waals surface area contributed by atoms with Gasteiger partial charge in [-0.05, 0) is 54.8 Å². The molecule has 1 saturated heterocycles. The number of aliphatic hydroxyl groups excluding tert-OH is 1. The number of nitrogens with zero attached hydrogens (tertiary/aromatic N) is 3. The quantitative estimate of drug-likeness (QED) is 0.325. The topological polar surface area (TPSA) is 158 Å². The lowest BCUT2D eigenvalue weighted by Gasteiger charge is -2.25. The number of ether oxygens (including phenoxy) is 2. The number of amides is 1. The molecule has 1 unspecified atom stereocenters. The van der Waals surface area contributed by atoms with Crippen LogP contribution in [0.3, 0.4) is 0 Å². The van der Waals surface area contributed by atoms with Crippen LogP contribution >= 0.6 is 0 Å². The summed E-state index contributed by atoms with van der Waals surface area (Å²) in [4.78, 5) is 18.5. The van der Waals surface area contributed by atoms with Crippen LogP contribution in [0.25, 0.3) is 11.4 Å². The van der Waals surface area contributed by atoms with Gasteiger partial charge >= 0.3 is 0 Å². The van der Waals surface area contributed by atoms with E-state index >= 15 is 4.39 Å². The minimum absolute atomic E-state index is 0.0211. The summed E-state index contributed by atoms with van der Waals surface area (Å²) in [6, 6.07) is 16.8. The molecule has 3 N–H and O–H groups in total. The number of hydrogen-bond acceptors (Lipinski definition) is 10. The highest BCUT2D eigenvalue weighted by atomic mass is 32.2. The van der Waals surface area contributed by atoms with Crippen molar-refractivity contribution < 1.29 is 36.7 Å². The predicted octanol–water partition coefficient (Wildman–Crippen LogP) is 3.31. The van der Waals surface area contributed by atoms with Crippen molar-refractivity contribution in [2.24, 2.45) is 5.73 Å². The lowest BCUT2D eigenvalue weighted by molar-refractivity contribution is -0.119. The fourth-order valence-electron chi connectivity index (χ4n) is 5.10. The lowest BCUT2D eigenvalue weighted by atomic mass is 10.0. The molecule has 3 heterocycles. The van der Waals surface area contributed by atoms with Crippen LogP contribution in [0, 0.1) is 5.82 Å². The van der Waals surface area contributed by atoms with Crippen LogP contribution in [0.5, 0.6) is 11.5 Å². The van der Waals surface area contributed by atoms with Gasteiger partial charge in [-0.1, -0.05) is 35.5 Å². The van der Waals surface area contributed by atoms with Gasteiger partial charge in [0.1, 0.15) is 17.3 Å². The molecule has 3 aromatic carbocycles. The first-order valence-corrected chi connectivity index (χ1v) is 14.9. The molecule has 13 heteroatoms. The molecular formula is C29H27FN4O7S. The summed E-state index contributed by atoms with van der Waals surface area (Å²) in [6.07, 6.45) is 1.10. The number of nitrogens with two attached hydrogens (primary N) is 1. The molecular weight excluding hydrogens is 567 g/mol. The van der Waals surface area contributed by atoms with E-state index < -0.39 is 45.6 Å². The van der Waals surface area contributed by atoms with Gasteiger partial charge in [0.25, 0.3) is 5.89 Å². The second-order valence-electron chi connectivity index (χ2n) is 10.2. The molecule has 2 aliphatic rings. The molecule has 2 aliphatic heterocycles. The average Bonchev–Trinajstić information content (AvgIpc) is 3.67. The number of benzene rings is 3. The van der Waals surface area contributed by atoms with Crippen LogP contribution in [0.1, 0.15) is 24.3 Å². The highest BCUT2D eigenvalue weighted by Crippen LogP contribution is 2.39. The number of rotatable bonds is 7. The van der Waals surface area contributed by atoms with Gasteiger partial charge in [-0.25, -0.2) is 12.8 Å². The second kappa shape index (κ2) is 10.9. The van der Waals surface area contributed by atoms with E-state index in [1.165, 1.54) is 11.0 Å². The summed E-state index contributed by atoms with van der Waals surface area (Å²) < 4.78 is 58.6. The normalized spacial score (nSPS) is 21.6. The Labute approximate surface area is 240 Å². The molecule has 0 spiro atoms. The minimum atomic E-state index is -4.14. The van der Waals surface area contributed by atoms with Crippen molar-refractivity contribution in [1.29, 1.82) is 0 Å². The Balaban J connectivity index is 1.37. The molecule has 1 fully saturated rings. The summed E-state index contributed by atoms with van der Waals surface area (Å²) in [5.41, 5.74) is 5.22. The maximum Gasteiger partial charge on any atom is 0.261 e. The molecule has 4 aromatic rings. The Kier molecular flexibility index (Phi) is 7.27. The zero-order valence-corrected chi connectivity index (χ0v) is 23.1. The molecule has 0 aliphatic carbocycles. The molecule has 0 radical (unpaired) electrons. The van der Waals surface area contributed by atoms with Crippen LogP contribution in [-0.4, -0.2) is 54.6 Å².